The van der Waals surface area contributed by atoms with Crippen molar-refractivity contribution in [3.8, 4) is 6.07 Å². The number of nitrogens with zero attached hydrogens (tertiary/aromatic N) is 1. The third kappa shape index (κ3) is 1.94. The van der Waals surface area contributed by atoms with Crippen LogP contribution in [0.25, 0.3) is 0 Å². The summed E-state index contributed by atoms with van der Waals surface area (Å²) in [4.78, 5) is 0. The van der Waals surface area contributed by atoms with Gasteiger partial charge in [0, 0.05) is 12.5 Å². The van der Waals surface area contributed by atoms with Gasteiger partial charge in [-0.3, -0.25) is 0 Å². The van der Waals surface area contributed by atoms with E-state index in [4.69, 9.17) is 10.00 Å². The fourth-order valence-electron chi connectivity index (χ4n) is 1.80. The first-order valence-corrected chi connectivity index (χ1v) is 4.93. The molecule has 0 saturated carbocycles. The molecule has 0 aromatic heterocycles. The fraction of sp³-hybridized carbons (Fsp3) is 0.417. The summed E-state index contributed by atoms with van der Waals surface area (Å²) >= 11 is 0. The minimum absolute atomic E-state index is 0.501. The number of ether oxygens (including phenoxy) is 1. The summed E-state index contributed by atoms with van der Waals surface area (Å²) in [6.45, 7) is 1.72. The molecule has 1 aliphatic rings. The zero-order chi connectivity index (χ0) is 9.80. The maximum atomic E-state index is 8.53. The van der Waals surface area contributed by atoms with Crippen molar-refractivity contribution in [1.29, 1.82) is 5.26 Å². The Kier molecular flexibility index (Phi) is 2.81. The van der Waals surface area contributed by atoms with Crippen LogP contribution in [0.5, 0.6) is 0 Å². The van der Waals surface area contributed by atoms with Crippen LogP contribution in [0.15, 0.2) is 24.3 Å². The molecule has 0 aliphatic carbocycles. The van der Waals surface area contributed by atoms with Gasteiger partial charge < -0.3 is 4.74 Å². The van der Waals surface area contributed by atoms with Gasteiger partial charge in [-0.05, 0) is 17.5 Å². The summed E-state index contributed by atoms with van der Waals surface area (Å²) in [5.74, 6) is 0.561. The average molecular weight is 187 g/mol. The Hall–Kier alpha value is -1.33. The highest BCUT2D eigenvalue weighted by Gasteiger charge is 2.16. The lowest BCUT2D eigenvalue weighted by atomic mass is 9.97. The fourth-order valence-corrected chi connectivity index (χ4v) is 1.80. The molecule has 2 nitrogen and oxygen atoms in total. The molecule has 1 aromatic rings. The Morgan fingerprint density at radius 1 is 1.36 bits per heavy atom. The van der Waals surface area contributed by atoms with Crippen LogP contribution in [0.4, 0.5) is 0 Å². The highest BCUT2D eigenvalue weighted by molar-refractivity contribution is 5.27. The van der Waals surface area contributed by atoms with E-state index in [9.17, 15) is 0 Å². The van der Waals surface area contributed by atoms with Gasteiger partial charge in [-0.15, -0.1) is 0 Å². The second-order valence-corrected chi connectivity index (χ2v) is 3.64. The lowest BCUT2D eigenvalue weighted by molar-refractivity contribution is 0.194. The summed E-state index contributed by atoms with van der Waals surface area (Å²) in [5, 5.41) is 8.53. The van der Waals surface area contributed by atoms with Crippen molar-refractivity contribution in [3.05, 3.63) is 35.4 Å². The van der Waals surface area contributed by atoms with Gasteiger partial charge >= 0.3 is 0 Å². The van der Waals surface area contributed by atoms with Crippen LogP contribution in [0.1, 0.15) is 23.5 Å². The Morgan fingerprint density at radius 3 is 2.71 bits per heavy atom. The number of hydrogen-bond acceptors (Lipinski definition) is 2. The Labute approximate surface area is 84.1 Å². The molecule has 0 radical (unpaired) electrons. The Morgan fingerprint density at radius 2 is 2.14 bits per heavy atom. The van der Waals surface area contributed by atoms with Crippen LogP contribution in [0.2, 0.25) is 0 Å². The van der Waals surface area contributed by atoms with E-state index in [1.165, 1.54) is 5.56 Å². The first kappa shape index (κ1) is 9.23. The first-order valence-electron chi connectivity index (χ1n) is 4.93. The minimum Gasteiger partial charge on any atom is -0.381 e. The Balaban J connectivity index is 2.09. The second kappa shape index (κ2) is 4.26. The predicted octanol–water partition coefficient (Wildman–Crippen LogP) is 2.26. The van der Waals surface area contributed by atoms with E-state index in [0.717, 1.165) is 25.2 Å². The molecular formula is C12H13NO. The molecule has 1 heterocycles. The number of rotatable bonds is 2. The van der Waals surface area contributed by atoms with E-state index in [1.807, 2.05) is 12.1 Å². The van der Waals surface area contributed by atoms with Crippen molar-refractivity contribution in [2.75, 3.05) is 13.2 Å². The molecular weight excluding hydrogens is 174 g/mol. The quantitative estimate of drug-likeness (QED) is 0.711. The number of hydrogen-bond donors (Lipinski definition) is 0. The molecule has 1 aliphatic heterocycles. The normalized spacial score (nSPS) is 20.6. The van der Waals surface area contributed by atoms with Gasteiger partial charge in [0.25, 0.3) is 0 Å². The minimum atomic E-state index is 0.501. The van der Waals surface area contributed by atoms with Crippen molar-refractivity contribution >= 4 is 0 Å². The summed E-state index contributed by atoms with van der Waals surface area (Å²) < 4.78 is 5.34. The van der Waals surface area contributed by atoms with Crippen LogP contribution in [0.3, 0.4) is 0 Å². The van der Waals surface area contributed by atoms with Crippen molar-refractivity contribution in [2.45, 2.75) is 18.8 Å². The van der Waals surface area contributed by atoms with E-state index in [-0.39, 0.29) is 0 Å². The smallest absolute Gasteiger partial charge is 0.0669 e. The van der Waals surface area contributed by atoms with Gasteiger partial charge in [-0.2, -0.15) is 5.26 Å². The van der Waals surface area contributed by atoms with Gasteiger partial charge in [0.1, 0.15) is 0 Å². The zero-order valence-electron chi connectivity index (χ0n) is 8.07. The van der Waals surface area contributed by atoms with E-state index in [0.29, 0.717) is 12.3 Å². The molecule has 2 heteroatoms. The highest BCUT2D eigenvalue weighted by atomic mass is 16.5. The van der Waals surface area contributed by atoms with Crippen molar-refractivity contribution in [2.24, 2.45) is 0 Å². The van der Waals surface area contributed by atoms with Gasteiger partial charge in [-0.1, -0.05) is 24.3 Å². The lowest BCUT2D eigenvalue weighted by Crippen LogP contribution is -1.97. The highest BCUT2D eigenvalue weighted by Crippen LogP contribution is 2.25. The summed E-state index contributed by atoms with van der Waals surface area (Å²) in [7, 11) is 0. The van der Waals surface area contributed by atoms with Crippen LogP contribution < -0.4 is 0 Å². The molecule has 2 rings (SSSR count). The molecule has 0 bridgehead atoms. The van der Waals surface area contributed by atoms with Crippen LogP contribution >= 0.6 is 0 Å². The van der Waals surface area contributed by atoms with Crippen LogP contribution in [0, 0.1) is 11.3 Å². The third-order valence-electron chi connectivity index (χ3n) is 2.66. The maximum Gasteiger partial charge on any atom is 0.0669 e. The Bertz CT molecular complexity index is 330. The van der Waals surface area contributed by atoms with Gasteiger partial charge in [0.05, 0.1) is 19.1 Å². The molecule has 0 spiro atoms. The van der Waals surface area contributed by atoms with Crippen LogP contribution in [-0.4, -0.2) is 13.2 Å². The zero-order valence-corrected chi connectivity index (χ0v) is 8.07. The summed E-state index contributed by atoms with van der Waals surface area (Å²) in [5.41, 5.74) is 2.43. The maximum absolute atomic E-state index is 8.53. The van der Waals surface area contributed by atoms with Gasteiger partial charge in [0.2, 0.25) is 0 Å². The van der Waals surface area contributed by atoms with E-state index < -0.39 is 0 Å². The standard InChI is InChI=1S/C12H13NO/c13-7-5-10-1-3-11(4-2-10)12-6-8-14-9-12/h1-4,12H,5-6,8-9H2. The molecule has 0 N–H and O–H groups in total. The molecule has 1 fully saturated rings. The molecule has 1 aromatic carbocycles. The largest absolute Gasteiger partial charge is 0.381 e. The van der Waals surface area contributed by atoms with Crippen molar-refractivity contribution < 1.29 is 4.74 Å². The molecule has 0 amide bonds. The van der Waals surface area contributed by atoms with Crippen LogP contribution in [-0.2, 0) is 11.2 Å². The van der Waals surface area contributed by atoms with E-state index >= 15 is 0 Å². The molecule has 1 unspecified atom stereocenters. The molecule has 1 atom stereocenters. The number of benzene rings is 1. The van der Waals surface area contributed by atoms with Crippen molar-refractivity contribution in [3.63, 3.8) is 0 Å². The van der Waals surface area contributed by atoms with Crippen molar-refractivity contribution in [1.82, 2.24) is 0 Å². The summed E-state index contributed by atoms with van der Waals surface area (Å²) in [6, 6.07) is 10.5. The number of nitriles is 1. The summed E-state index contributed by atoms with van der Waals surface area (Å²) in [6.07, 6.45) is 1.62. The van der Waals surface area contributed by atoms with E-state index in [1.54, 1.807) is 0 Å². The molecule has 14 heavy (non-hydrogen) atoms. The topological polar surface area (TPSA) is 33.0 Å². The lowest BCUT2D eigenvalue weighted by Gasteiger charge is -2.07. The second-order valence-electron chi connectivity index (χ2n) is 3.64. The average Bonchev–Trinajstić information content (AvgIpc) is 2.72. The SMILES string of the molecule is N#CCc1ccc(C2CCOC2)cc1. The van der Waals surface area contributed by atoms with Gasteiger partial charge in [0.15, 0.2) is 0 Å². The monoisotopic (exact) mass is 187 g/mol. The third-order valence-corrected chi connectivity index (χ3v) is 2.66. The molecule has 72 valence electrons. The molecule has 1 saturated heterocycles. The van der Waals surface area contributed by atoms with Gasteiger partial charge in [-0.25, -0.2) is 0 Å². The van der Waals surface area contributed by atoms with E-state index in [2.05, 4.69) is 18.2 Å². The first-order chi connectivity index (χ1) is 6.90. The predicted molar refractivity (Wildman–Crippen MR) is 53.9 cm³/mol.